The van der Waals surface area contributed by atoms with Crippen LogP contribution in [0.15, 0.2) is 48.5 Å². The fourth-order valence-electron chi connectivity index (χ4n) is 2.60. The molecule has 0 saturated carbocycles. The summed E-state index contributed by atoms with van der Waals surface area (Å²) in [6, 6.07) is 14.6. The van der Waals surface area contributed by atoms with Gasteiger partial charge in [0, 0.05) is 36.2 Å². The molecule has 0 atom stereocenters. The fourth-order valence-corrected chi connectivity index (χ4v) is 2.60. The van der Waals surface area contributed by atoms with Gasteiger partial charge in [-0.3, -0.25) is 9.59 Å². The molecule has 0 unspecified atom stereocenters. The Labute approximate surface area is 154 Å². The van der Waals surface area contributed by atoms with E-state index >= 15 is 0 Å². The van der Waals surface area contributed by atoms with Gasteiger partial charge in [-0.1, -0.05) is 6.07 Å². The van der Waals surface area contributed by atoms with E-state index in [1.807, 2.05) is 24.3 Å². The van der Waals surface area contributed by atoms with Crippen LogP contribution in [0.25, 0.3) is 0 Å². The van der Waals surface area contributed by atoms with Gasteiger partial charge in [-0.15, -0.1) is 0 Å². The summed E-state index contributed by atoms with van der Waals surface area (Å²) in [5, 5.41) is 5.43. The number of benzene rings is 2. The fraction of sp³-hybridized carbons (Fsp3) is 0.300. The number of nitrogens with zero attached hydrogens (tertiary/aromatic N) is 1. The van der Waals surface area contributed by atoms with Crippen molar-refractivity contribution >= 4 is 28.9 Å². The summed E-state index contributed by atoms with van der Waals surface area (Å²) >= 11 is 0. The Kier molecular flexibility index (Phi) is 7.02. The van der Waals surface area contributed by atoms with E-state index in [1.54, 1.807) is 31.4 Å². The van der Waals surface area contributed by atoms with Crippen LogP contribution in [-0.4, -0.2) is 32.0 Å². The Morgan fingerprint density at radius 3 is 2.12 bits per heavy atom. The van der Waals surface area contributed by atoms with Crippen LogP contribution in [-0.2, 0) is 9.59 Å². The highest BCUT2D eigenvalue weighted by atomic mass is 16.5. The second-order valence-electron chi connectivity index (χ2n) is 5.72. The van der Waals surface area contributed by atoms with E-state index < -0.39 is 0 Å². The van der Waals surface area contributed by atoms with Crippen molar-refractivity contribution in [2.45, 2.75) is 20.3 Å². The molecule has 2 aromatic rings. The minimum Gasteiger partial charge on any atom is -0.497 e. The van der Waals surface area contributed by atoms with Crippen LogP contribution in [0.5, 0.6) is 5.75 Å². The molecule has 2 aromatic carbocycles. The second kappa shape index (κ2) is 9.46. The van der Waals surface area contributed by atoms with Crippen LogP contribution < -0.4 is 20.3 Å². The maximum atomic E-state index is 12.1. The van der Waals surface area contributed by atoms with Gasteiger partial charge in [0.05, 0.1) is 7.11 Å². The molecule has 0 radical (unpaired) electrons. The first-order valence-corrected chi connectivity index (χ1v) is 8.64. The third kappa shape index (κ3) is 5.51. The molecule has 2 rings (SSSR count). The highest BCUT2D eigenvalue weighted by Crippen LogP contribution is 2.19. The molecule has 6 heteroatoms. The number of amides is 2. The van der Waals surface area contributed by atoms with Gasteiger partial charge in [0.15, 0.2) is 0 Å². The molecule has 26 heavy (non-hydrogen) atoms. The number of ether oxygens (including phenoxy) is 1. The predicted octanol–water partition coefficient (Wildman–Crippen LogP) is 3.51. The van der Waals surface area contributed by atoms with Gasteiger partial charge in [0.25, 0.3) is 0 Å². The summed E-state index contributed by atoms with van der Waals surface area (Å²) in [5.74, 6) is -0.1000. The summed E-state index contributed by atoms with van der Waals surface area (Å²) < 4.78 is 5.11. The molecule has 0 heterocycles. The molecule has 2 N–H and O–H groups in total. The standard InChI is InChI=1S/C20H25N3O3/c1-4-23(5-2)17-11-9-15(10-12-17)21-19(24)14-20(25)22-16-7-6-8-18(13-16)26-3/h6-13H,4-5,14H2,1-3H3,(H,21,24)(H,22,25). The molecule has 2 amide bonds. The number of nitrogens with one attached hydrogen (secondary N) is 2. The zero-order valence-electron chi connectivity index (χ0n) is 15.4. The van der Waals surface area contributed by atoms with Gasteiger partial charge in [-0.2, -0.15) is 0 Å². The molecule has 0 aliphatic heterocycles. The molecule has 0 aliphatic carbocycles. The molecule has 0 fully saturated rings. The molecule has 0 aliphatic rings. The van der Waals surface area contributed by atoms with Crippen LogP contribution in [0.1, 0.15) is 20.3 Å². The van der Waals surface area contributed by atoms with Crippen molar-refractivity contribution in [1.29, 1.82) is 0 Å². The van der Waals surface area contributed by atoms with Crippen LogP contribution in [0, 0.1) is 0 Å². The minimum atomic E-state index is -0.379. The molecular weight excluding hydrogens is 330 g/mol. The highest BCUT2D eigenvalue weighted by Gasteiger charge is 2.11. The first kappa shape index (κ1) is 19.3. The zero-order chi connectivity index (χ0) is 18.9. The lowest BCUT2D eigenvalue weighted by Crippen LogP contribution is -2.22. The minimum absolute atomic E-state index is 0.255. The average Bonchev–Trinajstić information content (AvgIpc) is 2.64. The monoisotopic (exact) mass is 355 g/mol. The number of anilines is 3. The van der Waals surface area contributed by atoms with Crippen molar-refractivity contribution in [1.82, 2.24) is 0 Å². The van der Waals surface area contributed by atoms with Crippen molar-refractivity contribution in [3.63, 3.8) is 0 Å². The van der Waals surface area contributed by atoms with Gasteiger partial charge in [0.1, 0.15) is 12.2 Å². The first-order valence-electron chi connectivity index (χ1n) is 8.64. The quantitative estimate of drug-likeness (QED) is 0.711. The van der Waals surface area contributed by atoms with Crippen molar-refractivity contribution in [2.75, 3.05) is 35.7 Å². The number of carbonyl (C=O) groups excluding carboxylic acids is 2. The maximum absolute atomic E-state index is 12.1. The summed E-state index contributed by atoms with van der Waals surface area (Å²) in [6.45, 7) is 6.04. The second-order valence-corrected chi connectivity index (χ2v) is 5.72. The van der Waals surface area contributed by atoms with Gasteiger partial charge in [-0.25, -0.2) is 0 Å². The van der Waals surface area contributed by atoms with E-state index in [4.69, 9.17) is 4.74 Å². The SMILES string of the molecule is CCN(CC)c1ccc(NC(=O)CC(=O)Nc2cccc(OC)c2)cc1. The van der Waals surface area contributed by atoms with Gasteiger partial charge in [-0.05, 0) is 50.2 Å². The summed E-state index contributed by atoms with van der Waals surface area (Å²) in [4.78, 5) is 26.3. The van der Waals surface area contributed by atoms with E-state index in [0.29, 0.717) is 17.1 Å². The molecule has 0 aromatic heterocycles. The third-order valence-corrected chi connectivity index (χ3v) is 3.95. The molecule has 6 nitrogen and oxygen atoms in total. The summed E-state index contributed by atoms with van der Waals surface area (Å²) in [7, 11) is 1.56. The van der Waals surface area contributed by atoms with Gasteiger partial charge < -0.3 is 20.3 Å². The van der Waals surface area contributed by atoms with Crippen LogP contribution >= 0.6 is 0 Å². The predicted molar refractivity (Wildman–Crippen MR) is 105 cm³/mol. The van der Waals surface area contributed by atoms with Crippen LogP contribution in [0.3, 0.4) is 0 Å². The highest BCUT2D eigenvalue weighted by molar-refractivity contribution is 6.08. The van der Waals surface area contributed by atoms with E-state index in [1.165, 1.54) is 0 Å². The maximum Gasteiger partial charge on any atom is 0.233 e. The first-order chi connectivity index (χ1) is 12.5. The molecule has 138 valence electrons. The smallest absolute Gasteiger partial charge is 0.233 e. The Bertz CT molecular complexity index is 740. The lowest BCUT2D eigenvalue weighted by molar-refractivity contribution is -0.123. The van der Waals surface area contributed by atoms with E-state index in [0.717, 1.165) is 18.8 Å². The average molecular weight is 355 g/mol. The molecular formula is C20H25N3O3. The van der Waals surface area contributed by atoms with Gasteiger partial charge >= 0.3 is 0 Å². The number of rotatable bonds is 8. The van der Waals surface area contributed by atoms with Crippen molar-refractivity contribution < 1.29 is 14.3 Å². The largest absolute Gasteiger partial charge is 0.497 e. The number of hydrogen-bond donors (Lipinski definition) is 2. The van der Waals surface area contributed by atoms with Crippen molar-refractivity contribution in [2.24, 2.45) is 0 Å². The number of hydrogen-bond acceptors (Lipinski definition) is 4. The Morgan fingerprint density at radius 2 is 1.54 bits per heavy atom. The normalized spacial score (nSPS) is 10.1. The summed E-state index contributed by atoms with van der Waals surface area (Å²) in [5.41, 5.74) is 2.36. The lowest BCUT2D eigenvalue weighted by Gasteiger charge is -2.21. The van der Waals surface area contributed by atoms with E-state index in [2.05, 4.69) is 29.4 Å². The Balaban J connectivity index is 1.88. The molecule has 0 spiro atoms. The zero-order valence-corrected chi connectivity index (χ0v) is 15.4. The Hall–Kier alpha value is -3.02. The third-order valence-electron chi connectivity index (χ3n) is 3.95. The van der Waals surface area contributed by atoms with Crippen molar-refractivity contribution in [3.8, 4) is 5.75 Å². The number of carbonyl (C=O) groups is 2. The summed E-state index contributed by atoms with van der Waals surface area (Å²) in [6.07, 6.45) is -0.255. The number of methoxy groups -OCH3 is 1. The lowest BCUT2D eigenvalue weighted by atomic mass is 10.2. The van der Waals surface area contributed by atoms with Crippen LogP contribution in [0.4, 0.5) is 17.1 Å². The topological polar surface area (TPSA) is 70.7 Å². The Morgan fingerprint density at radius 1 is 0.923 bits per heavy atom. The van der Waals surface area contributed by atoms with E-state index in [9.17, 15) is 9.59 Å². The molecule has 0 saturated heterocycles. The van der Waals surface area contributed by atoms with Gasteiger partial charge in [0.2, 0.25) is 11.8 Å². The van der Waals surface area contributed by atoms with Crippen molar-refractivity contribution in [3.05, 3.63) is 48.5 Å². The van der Waals surface area contributed by atoms with E-state index in [-0.39, 0.29) is 18.2 Å². The molecule has 0 bridgehead atoms. The van der Waals surface area contributed by atoms with Crippen LogP contribution in [0.2, 0.25) is 0 Å².